The van der Waals surface area contributed by atoms with E-state index in [1.807, 2.05) is 26.8 Å². The van der Waals surface area contributed by atoms with Crippen molar-refractivity contribution in [2.24, 2.45) is 35.0 Å². The highest BCUT2D eigenvalue weighted by Crippen LogP contribution is 2.71. The molecule has 0 aromatic rings. The summed E-state index contributed by atoms with van der Waals surface area (Å²) in [5.74, 6) is -2.20. The van der Waals surface area contributed by atoms with Crippen LogP contribution in [0.4, 0.5) is 0 Å². The predicted octanol–water partition coefficient (Wildman–Crippen LogP) is 2.86. The van der Waals surface area contributed by atoms with Crippen LogP contribution in [0, 0.1) is 35.0 Å². The minimum absolute atomic E-state index is 0.0478. The lowest BCUT2D eigenvalue weighted by molar-refractivity contribution is -0.272. The number of ether oxygens (including phenoxy) is 2. The van der Waals surface area contributed by atoms with E-state index in [4.69, 9.17) is 9.47 Å². The van der Waals surface area contributed by atoms with Gasteiger partial charge in [-0.1, -0.05) is 34.1 Å². The smallest absolute Gasteiger partial charge is 0.334 e. The molecule has 7 unspecified atom stereocenters. The highest BCUT2D eigenvalue weighted by molar-refractivity contribution is 6.00. The van der Waals surface area contributed by atoms with Crippen molar-refractivity contribution < 1.29 is 24.2 Å². The average molecular weight is 362 g/mol. The maximum absolute atomic E-state index is 13.5. The molecule has 4 aliphatic rings. The second-order valence-electron chi connectivity index (χ2n) is 9.54. The summed E-state index contributed by atoms with van der Waals surface area (Å²) in [6, 6.07) is 0. The van der Waals surface area contributed by atoms with Gasteiger partial charge in [0.25, 0.3) is 0 Å². The number of esters is 1. The second-order valence-corrected chi connectivity index (χ2v) is 9.54. The molecule has 0 spiro atoms. The van der Waals surface area contributed by atoms with Crippen LogP contribution >= 0.6 is 0 Å². The Labute approximate surface area is 155 Å². The normalized spacial score (nSPS) is 49.7. The largest absolute Gasteiger partial charge is 0.466 e. The van der Waals surface area contributed by atoms with E-state index in [0.717, 1.165) is 19.3 Å². The number of methoxy groups -OCH3 is 1. The maximum Gasteiger partial charge on any atom is 0.334 e. The molecule has 26 heavy (non-hydrogen) atoms. The Morgan fingerprint density at radius 3 is 2.65 bits per heavy atom. The quantitative estimate of drug-likeness (QED) is 0.765. The molecule has 7 atom stereocenters. The van der Waals surface area contributed by atoms with Crippen LogP contribution in [0.1, 0.15) is 53.4 Å². The van der Waals surface area contributed by atoms with Gasteiger partial charge in [0.15, 0.2) is 5.79 Å². The SMILES string of the molecule is COC(=O)C1=CC23CC(C)CCC2C2(C)C1C(=O)C(C(C)C)CC2(O)O3. The van der Waals surface area contributed by atoms with Crippen molar-refractivity contribution in [2.75, 3.05) is 7.11 Å². The zero-order chi connectivity index (χ0) is 19.1. The molecule has 1 N–H and O–H groups in total. The summed E-state index contributed by atoms with van der Waals surface area (Å²) in [5.41, 5.74) is -1.06. The Hall–Kier alpha value is -1.20. The van der Waals surface area contributed by atoms with Crippen LogP contribution in [0.15, 0.2) is 11.6 Å². The zero-order valence-electron chi connectivity index (χ0n) is 16.4. The lowest BCUT2D eigenvalue weighted by atomic mass is 9.46. The molecule has 0 radical (unpaired) electrons. The molecule has 2 saturated carbocycles. The first-order chi connectivity index (χ1) is 12.1. The van der Waals surface area contributed by atoms with E-state index in [1.54, 1.807) is 0 Å². The number of Topliss-reactive ketones (excluding diaryl/α,β-unsaturated/α-hetero) is 1. The number of carbonyl (C=O) groups excluding carboxylic acids is 2. The van der Waals surface area contributed by atoms with Crippen molar-refractivity contribution in [1.29, 1.82) is 0 Å². The fourth-order valence-corrected chi connectivity index (χ4v) is 6.57. The van der Waals surface area contributed by atoms with Gasteiger partial charge in [-0.3, -0.25) is 4.79 Å². The Balaban J connectivity index is 1.95. The molecule has 5 nitrogen and oxygen atoms in total. The Morgan fingerprint density at radius 2 is 2.04 bits per heavy atom. The fraction of sp³-hybridized carbons (Fsp3) is 0.810. The Bertz CT molecular complexity index is 697. The minimum atomic E-state index is -1.39. The Kier molecular flexibility index (Phi) is 3.79. The molecule has 0 amide bonds. The van der Waals surface area contributed by atoms with E-state index in [0.29, 0.717) is 17.9 Å². The second kappa shape index (κ2) is 5.41. The number of carbonyl (C=O) groups is 2. The maximum atomic E-state index is 13.5. The predicted molar refractivity (Wildman–Crippen MR) is 94.9 cm³/mol. The summed E-state index contributed by atoms with van der Waals surface area (Å²) in [7, 11) is 1.35. The van der Waals surface area contributed by atoms with Crippen LogP contribution in [0.25, 0.3) is 0 Å². The summed E-state index contributed by atoms with van der Waals surface area (Å²) in [4.78, 5) is 26.1. The molecule has 3 fully saturated rings. The first-order valence-electron chi connectivity index (χ1n) is 9.87. The first-order valence-corrected chi connectivity index (χ1v) is 9.87. The molecular formula is C21H30O5. The van der Waals surface area contributed by atoms with E-state index in [-0.39, 0.29) is 23.5 Å². The third kappa shape index (κ3) is 1.99. The van der Waals surface area contributed by atoms with Crippen LogP contribution in [0.3, 0.4) is 0 Å². The van der Waals surface area contributed by atoms with Crippen LogP contribution in [-0.4, -0.2) is 35.4 Å². The van der Waals surface area contributed by atoms with Crippen LogP contribution in [0.5, 0.6) is 0 Å². The van der Waals surface area contributed by atoms with Crippen LogP contribution < -0.4 is 0 Å². The van der Waals surface area contributed by atoms with E-state index in [2.05, 4.69) is 6.92 Å². The van der Waals surface area contributed by atoms with Crippen molar-refractivity contribution in [3.8, 4) is 0 Å². The van der Waals surface area contributed by atoms with Gasteiger partial charge in [-0.25, -0.2) is 4.79 Å². The summed E-state index contributed by atoms with van der Waals surface area (Å²) in [6.45, 7) is 8.13. The molecule has 1 heterocycles. The van der Waals surface area contributed by atoms with Gasteiger partial charge in [0.05, 0.1) is 18.6 Å². The number of aliphatic hydroxyl groups is 1. The summed E-state index contributed by atoms with van der Waals surface area (Å²) in [6.07, 6.45) is 4.89. The molecular weight excluding hydrogens is 332 g/mol. The van der Waals surface area contributed by atoms with Gasteiger partial charge in [-0.2, -0.15) is 0 Å². The highest BCUT2D eigenvalue weighted by Gasteiger charge is 2.77. The number of ketones is 1. The third-order valence-corrected chi connectivity index (χ3v) is 7.81. The van der Waals surface area contributed by atoms with Crippen molar-refractivity contribution >= 4 is 11.8 Å². The van der Waals surface area contributed by atoms with Crippen molar-refractivity contribution in [1.82, 2.24) is 0 Å². The molecule has 144 valence electrons. The number of rotatable bonds is 2. The van der Waals surface area contributed by atoms with E-state index in [1.165, 1.54) is 7.11 Å². The van der Waals surface area contributed by atoms with Gasteiger partial charge in [-0.15, -0.1) is 0 Å². The van der Waals surface area contributed by atoms with E-state index < -0.39 is 28.7 Å². The molecule has 2 bridgehead atoms. The van der Waals surface area contributed by atoms with Crippen LogP contribution in [-0.2, 0) is 19.1 Å². The molecule has 4 rings (SSSR count). The summed E-state index contributed by atoms with van der Waals surface area (Å²) >= 11 is 0. The van der Waals surface area contributed by atoms with Crippen LogP contribution in [0.2, 0.25) is 0 Å². The molecule has 1 aliphatic heterocycles. The lowest BCUT2D eigenvalue weighted by Gasteiger charge is -2.54. The fourth-order valence-electron chi connectivity index (χ4n) is 6.57. The van der Waals surface area contributed by atoms with Crippen molar-refractivity contribution in [2.45, 2.75) is 64.8 Å². The minimum Gasteiger partial charge on any atom is -0.466 e. The van der Waals surface area contributed by atoms with E-state index >= 15 is 0 Å². The third-order valence-electron chi connectivity index (χ3n) is 7.81. The van der Waals surface area contributed by atoms with Gasteiger partial charge >= 0.3 is 5.97 Å². The topological polar surface area (TPSA) is 72.8 Å². The van der Waals surface area contributed by atoms with Crippen molar-refractivity contribution in [3.63, 3.8) is 0 Å². The van der Waals surface area contributed by atoms with Gasteiger partial charge in [0.1, 0.15) is 5.78 Å². The molecule has 0 aromatic heterocycles. The standard InChI is InChI=1S/C21H30O5/c1-11(2)13-10-21(24)19(4)15-7-6-12(3)8-20(15,26-21)9-14(18(23)25-5)16(19)17(13)22/h9,11-13,15-16,24H,6-8,10H2,1-5H3. The van der Waals surface area contributed by atoms with E-state index in [9.17, 15) is 14.7 Å². The lowest BCUT2D eigenvalue weighted by Crippen LogP contribution is -2.62. The molecule has 1 saturated heterocycles. The monoisotopic (exact) mass is 362 g/mol. The highest BCUT2D eigenvalue weighted by atomic mass is 16.7. The van der Waals surface area contributed by atoms with Crippen molar-refractivity contribution in [3.05, 3.63) is 11.6 Å². The van der Waals surface area contributed by atoms with Gasteiger partial charge in [-0.05, 0) is 30.8 Å². The molecule has 0 aromatic carbocycles. The molecule has 5 heteroatoms. The van der Waals surface area contributed by atoms with Gasteiger partial charge in [0, 0.05) is 29.2 Å². The molecule has 3 aliphatic carbocycles. The zero-order valence-corrected chi connectivity index (χ0v) is 16.4. The van der Waals surface area contributed by atoms with Gasteiger partial charge in [0.2, 0.25) is 0 Å². The Morgan fingerprint density at radius 1 is 1.35 bits per heavy atom. The summed E-state index contributed by atoms with van der Waals surface area (Å²) in [5, 5.41) is 11.7. The summed E-state index contributed by atoms with van der Waals surface area (Å²) < 4.78 is 11.5. The number of hydrogen-bond acceptors (Lipinski definition) is 5. The van der Waals surface area contributed by atoms with Gasteiger partial charge < -0.3 is 14.6 Å². The first kappa shape index (κ1) is 18.2. The average Bonchev–Trinajstić information content (AvgIpc) is 2.72. The number of hydrogen-bond donors (Lipinski definition) is 1.